The van der Waals surface area contributed by atoms with Crippen LogP contribution in [-0.2, 0) is 4.74 Å². The van der Waals surface area contributed by atoms with Gasteiger partial charge in [0.15, 0.2) is 6.10 Å². The van der Waals surface area contributed by atoms with Gasteiger partial charge >= 0.3 is 6.09 Å². The first kappa shape index (κ1) is 26.7. The van der Waals surface area contributed by atoms with E-state index in [-0.39, 0.29) is 41.1 Å². The number of carbonyl (C=O) groups is 2. The standard InChI is InChI=1S/C25H24Cl2F2N4O4/c1-12-22(30)18(23(31-2)13-5-15(28)9-16(29)6-13)3-4-33(12)24(34)19-7-14(26)8-20(21(19)27)36-11-17-10-32-25(35)37-17/h5-9,12,17H,3-4,10-11,30H2,1-2H3,(H,32,35)/p+1/t12-,17?/m0/s1. The molecule has 2 amide bonds. The van der Waals surface area contributed by atoms with E-state index in [1.165, 1.54) is 24.3 Å². The minimum Gasteiger partial charge on any atom is -0.488 e. The number of hydrogen-bond donors (Lipinski definition) is 3. The molecule has 0 aromatic heterocycles. The Balaban J connectivity index is 1.57. The minimum atomic E-state index is -0.710. The van der Waals surface area contributed by atoms with E-state index in [1.807, 2.05) is 0 Å². The Hall–Kier alpha value is -3.37. The first-order valence-corrected chi connectivity index (χ1v) is 12.2. The molecule has 0 bridgehead atoms. The Morgan fingerprint density at radius 1 is 1.24 bits per heavy atom. The van der Waals surface area contributed by atoms with E-state index in [1.54, 1.807) is 18.9 Å². The van der Waals surface area contributed by atoms with Gasteiger partial charge in [0.1, 0.15) is 31.0 Å². The molecule has 196 valence electrons. The largest absolute Gasteiger partial charge is 0.488 e. The lowest BCUT2D eigenvalue weighted by molar-refractivity contribution is -0.418. The number of rotatable bonds is 6. The second-order valence-corrected chi connectivity index (χ2v) is 9.44. The van der Waals surface area contributed by atoms with Crippen molar-refractivity contribution < 1.29 is 32.8 Å². The number of amides is 2. The highest BCUT2D eigenvalue weighted by Crippen LogP contribution is 2.35. The van der Waals surface area contributed by atoms with Gasteiger partial charge in [-0.05, 0) is 31.5 Å². The number of hydrogen-bond acceptors (Lipinski definition) is 5. The summed E-state index contributed by atoms with van der Waals surface area (Å²) in [5, 5.41) is 2.82. The summed E-state index contributed by atoms with van der Waals surface area (Å²) >= 11 is 12.8. The zero-order valence-electron chi connectivity index (χ0n) is 20.0. The van der Waals surface area contributed by atoms with Gasteiger partial charge in [-0.3, -0.25) is 4.79 Å². The SMILES string of the molecule is C[NH+]=C(C1=C(N)[C@H](C)N(C(=O)c2cc(Cl)cc(OCC3CNC(=O)O3)c2Cl)CC1)c1cc(F)cc(F)c1. The molecule has 0 radical (unpaired) electrons. The van der Waals surface area contributed by atoms with Crippen LogP contribution >= 0.6 is 23.2 Å². The van der Waals surface area contributed by atoms with Crippen molar-refractivity contribution in [3.63, 3.8) is 0 Å². The van der Waals surface area contributed by atoms with Crippen LogP contribution < -0.4 is 20.8 Å². The van der Waals surface area contributed by atoms with Gasteiger partial charge in [-0.15, -0.1) is 0 Å². The van der Waals surface area contributed by atoms with Crippen molar-refractivity contribution in [1.29, 1.82) is 0 Å². The van der Waals surface area contributed by atoms with E-state index < -0.39 is 35.8 Å². The molecule has 2 atom stereocenters. The van der Waals surface area contributed by atoms with E-state index in [0.717, 1.165) is 6.07 Å². The summed E-state index contributed by atoms with van der Waals surface area (Å²) in [6, 6.07) is 5.59. The van der Waals surface area contributed by atoms with Crippen molar-refractivity contribution in [2.45, 2.75) is 25.5 Å². The van der Waals surface area contributed by atoms with E-state index in [4.69, 9.17) is 38.4 Å². The molecule has 4 rings (SSSR count). The average Bonchev–Trinajstić information content (AvgIpc) is 3.26. The molecule has 1 fully saturated rings. The molecule has 0 saturated carbocycles. The lowest BCUT2D eigenvalue weighted by Crippen LogP contribution is -2.69. The van der Waals surface area contributed by atoms with Gasteiger partial charge in [-0.2, -0.15) is 0 Å². The number of nitrogens with two attached hydrogens (primary N) is 1. The van der Waals surface area contributed by atoms with Crippen LogP contribution in [0, 0.1) is 11.6 Å². The van der Waals surface area contributed by atoms with Gasteiger partial charge in [0.2, 0.25) is 5.71 Å². The minimum absolute atomic E-state index is 0.0227. The van der Waals surface area contributed by atoms with Gasteiger partial charge < -0.3 is 25.4 Å². The van der Waals surface area contributed by atoms with Gasteiger partial charge in [0.25, 0.3) is 5.91 Å². The third-order valence-electron chi connectivity index (χ3n) is 6.24. The molecule has 37 heavy (non-hydrogen) atoms. The molecule has 0 spiro atoms. The number of halogens is 4. The van der Waals surface area contributed by atoms with Gasteiger partial charge in [0.05, 0.1) is 28.7 Å². The van der Waals surface area contributed by atoms with Crippen LogP contribution in [-0.4, -0.2) is 61.5 Å². The molecule has 2 aromatic carbocycles. The van der Waals surface area contributed by atoms with Crippen LogP contribution in [0.1, 0.15) is 29.3 Å². The maximum Gasteiger partial charge on any atom is 0.407 e. The summed E-state index contributed by atoms with van der Waals surface area (Å²) in [6.45, 7) is 2.33. The predicted octanol–water partition coefficient (Wildman–Crippen LogP) is 2.41. The molecule has 1 saturated heterocycles. The van der Waals surface area contributed by atoms with Gasteiger partial charge in [-0.1, -0.05) is 23.2 Å². The zero-order valence-corrected chi connectivity index (χ0v) is 21.6. The topological polar surface area (TPSA) is 108 Å². The summed E-state index contributed by atoms with van der Waals surface area (Å²) < 4.78 is 38.4. The van der Waals surface area contributed by atoms with Crippen molar-refractivity contribution in [3.8, 4) is 5.75 Å². The number of cyclic esters (lactones) is 1. The summed E-state index contributed by atoms with van der Waals surface area (Å²) in [4.78, 5) is 29.3. The fourth-order valence-corrected chi connectivity index (χ4v) is 4.84. The van der Waals surface area contributed by atoms with Crippen LogP contribution in [0.15, 0.2) is 41.6 Å². The van der Waals surface area contributed by atoms with Crippen molar-refractivity contribution in [2.75, 3.05) is 26.7 Å². The maximum atomic E-state index is 13.8. The van der Waals surface area contributed by atoms with E-state index in [9.17, 15) is 18.4 Å². The van der Waals surface area contributed by atoms with Gasteiger partial charge in [0, 0.05) is 35.0 Å². The summed E-state index contributed by atoms with van der Waals surface area (Å²) in [5.41, 5.74) is 8.40. The van der Waals surface area contributed by atoms with E-state index in [0.29, 0.717) is 29.0 Å². The first-order chi connectivity index (χ1) is 17.6. The number of alkyl carbamates (subject to hydrolysis) is 1. The Morgan fingerprint density at radius 2 is 1.95 bits per heavy atom. The molecule has 2 aliphatic heterocycles. The Labute approximate surface area is 222 Å². The van der Waals surface area contributed by atoms with Crippen LogP contribution in [0.5, 0.6) is 5.75 Å². The normalized spacial score (nSPS) is 20.1. The number of ether oxygens (including phenoxy) is 2. The zero-order chi connectivity index (χ0) is 26.9. The Kier molecular flexibility index (Phi) is 7.89. The second-order valence-electron chi connectivity index (χ2n) is 8.63. The van der Waals surface area contributed by atoms with Crippen molar-refractivity contribution in [3.05, 3.63) is 74.4 Å². The van der Waals surface area contributed by atoms with Crippen LogP contribution in [0.3, 0.4) is 0 Å². The summed E-state index contributed by atoms with van der Waals surface area (Å²) in [7, 11) is 1.64. The highest BCUT2D eigenvalue weighted by Gasteiger charge is 2.34. The smallest absolute Gasteiger partial charge is 0.407 e. The molecule has 2 aliphatic rings. The number of nitrogens with one attached hydrogen (secondary N) is 2. The summed E-state index contributed by atoms with van der Waals surface area (Å²) in [5.74, 6) is -1.66. The molecule has 4 N–H and O–H groups in total. The maximum absolute atomic E-state index is 13.8. The van der Waals surface area contributed by atoms with Crippen molar-refractivity contribution >= 4 is 40.9 Å². The second kappa shape index (κ2) is 10.9. The average molecular weight is 554 g/mol. The van der Waals surface area contributed by atoms with Crippen LogP contribution in [0.4, 0.5) is 13.6 Å². The molecular weight excluding hydrogens is 529 g/mol. The number of carbonyl (C=O) groups excluding carboxylic acids is 2. The molecule has 0 aliphatic carbocycles. The lowest BCUT2D eigenvalue weighted by atomic mass is 9.91. The molecule has 1 unspecified atom stereocenters. The molecule has 8 nitrogen and oxygen atoms in total. The van der Waals surface area contributed by atoms with Crippen molar-refractivity contribution in [1.82, 2.24) is 10.2 Å². The highest BCUT2D eigenvalue weighted by molar-refractivity contribution is 6.37. The van der Waals surface area contributed by atoms with E-state index >= 15 is 0 Å². The predicted molar refractivity (Wildman–Crippen MR) is 134 cm³/mol. The monoisotopic (exact) mass is 553 g/mol. The fraction of sp³-hybridized carbons (Fsp3) is 0.320. The van der Waals surface area contributed by atoms with Crippen LogP contribution in [0.25, 0.3) is 0 Å². The van der Waals surface area contributed by atoms with Gasteiger partial charge in [-0.25, -0.2) is 18.6 Å². The quantitative estimate of drug-likeness (QED) is 0.476. The summed E-state index contributed by atoms with van der Waals surface area (Å²) in [6.07, 6.45) is -0.707. The van der Waals surface area contributed by atoms with E-state index in [2.05, 4.69) is 10.3 Å². The third kappa shape index (κ3) is 5.65. The first-order valence-electron chi connectivity index (χ1n) is 11.5. The molecule has 2 aromatic rings. The highest BCUT2D eigenvalue weighted by atomic mass is 35.5. The molecule has 12 heteroatoms. The molecular formula is C25H25Cl2F2N4O4+. The Morgan fingerprint density at radius 3 is 2.57 bits per heavy atom. The number of nitrogens with zero attached hydrogens (tertiary/aromatic N) is 1. The third-order valence-corrected chi connectivity index (χ3v) is 6.85. The van der Waals surface area contributed by atoms with Crippen molar-refractivity contribution in [2.24, 2.45) is 5.73 Å². The fourth-order valence-electron chi connectivity index (χ4n) is 4.39. The molecule has 2 heterocycles. The lowest BCUT2D eigenvalue weighted by Gasteiger charge is -2.35. The van der Waals surface area contributed by atoms with Crippen LogP contribution in [0.2, 0.25) is 10.0 Å². The Bertz CT molecular complexity index is 1300. The number of benzene rings is 2.